The molecule has 3 N–H and O–H groups in total. The summed E-state index contributed by atoms with van der Waals surface area (Å²) in [5.74, 6) is 1.47. The zero-order valence-electron chi connectivity index (χ0n) is 11.1. The molecule has 4 unspecified atom stereocenters. The van der Waals surface area contributed by atoms with Crippen molar-refractivity contribution in [3.63, 3.8) is 0 Å². The van der Waals surface area contributed by atoms with E-state index in [1.54, 1.807) is 0 Å². The summed E-state index contributed by atoms with van der Waals surface area (Å²) in [6, 6.07) is 1.02. The van der Waals surface area contributed by atoms with Crippen LogP contribution < -0.4 is 5.73 Å². The second-order valence-corrected chi connectivity index (χ2v) is 6.05. The van der Waals surface area contributed by atoms with Crippen molar-refractivity contribution in [3.8, 4) is 0 Å². The van der Waals surface area contributed by atoms with Gasteiger partial charge in [-0.3, -0.25) is 4.90 Å². The molecule has 0 bridgehead atoms. The molecule has 1 saturated heterocycles. The molecule has 0 spiro atoms. The highest BCUT2D eigenvalue weighted by atomic mass is 16.3. The lowest BCUT2D eigenvalue weighted by atomic mass is 9.77. The molecule has 2 rings (SSSR count). The summed E-state index contributed by atoms with van der Waals surface area (Å²) in [6.45, 7) is 4.66. The Bertz CT molecular complexity index is 234. The number of aliphatic hydroxyl groups excluding tert-OH is 1. The van der Waals surface area contributed by atoms with E-state index in [0.717, 1.165) is 12.5 Å². The van der Waals surface area contributed by atoms with Crippen LogP contribution in [0.15, 0.2) is 0 Å². The molecule has 1 aliphatic heterocycles. The lowest BCUT2D eigenvalue weighted by Gasteiger charge is -2.47. The molecule has 1 saturated carbocycles. The first-order valence-corrected chi connectivity index (χ1v) is 7.33. The third-order valence-electron chi connectivity index (χ3n) is 4.83. The largest absolute Gasteiger partial charge is 0.395 e. The van der Waals surface area contributed by atoms with Gasteiger partial charge in [-0.2, -0.15) is 0 Å². The Labute approximate surface area is 105 Å². The average Bonchev–Trinajstić information content (AvgIpc) is 2.38. The first-order chi connectivity index (χ1) is 8.26. The molecule has 2 fully saturated rings. The molecular weight excluding hydrogens is 212 g/mol. The van der Waals surface area contributed by atoms with Crippen molar-refractivity contribution in [2.24, 2.45) is 17.6 Å². The summed E-state index contributed by atoms with van der Waals surface area (Å²) < 4.78 is 0. The molecule has 0 aromatic rings. The molecule has 1 heterocycles. The minimum absolute atomic E-state index is 0.322. The summed E-state index contributed by atoms with van der Waals surface area (Å²) >= 11 is 0. The van der Waals surface area contributed by atoms with Crippen LogP contribution in [-0.4, -0.2) is 41.8 Å². The highest BCUT2D eigenvalue weighted by molar-refractivity contribution is 4.90. The van der Waals surface area contributed by atoms with Crippen LogP contribution in [0.3, 0.4) is 0 Å². The van der Waals surface area contributed by atoms with Gasteiger partial charge >= 0.3 is 0 Å². The number of hydrogen-bond donors (Lipinski definition) is 2. The molecule has 4 atom stereocenters. The second-order valence-electron chi connectivity index (χ2n) is 6.05. The van der Waals surface area contributed by atoms with Crippen molar-refractivity contribution >= 4 is 0 Å². The van der Waals surface area contributed by atoms with Gasteiger partial charge in [0.15, 0.2) is 0 Å². The second kappa shape index (κ2) is 6.17. The summed E-state index contributed by atoms with van der Waals surface area (Å²) in [5.41, 5.74) is 5.94. The summed E-state index contributed by atoms with van der Waals surface area (Å²) in [7, 11) is 0. The molecule has 3 heteroatoms. The molecule has 0 aromatic heterocycles. The third kappa shape index (κ3) is 3.01. The molecule has 0 radical (unpaired) electrons. The Hall–Kier alpha value is -0.120. The van der Waals surface area contributed by atoms with E-state index >= 15 is 0 Å². The molecule has 100 valence electrons. The molecule has 3 nitrogen and oxygen atoms in total. The molecule has 0 amide bonds. The van der Waals surface area contributed by atoms with E-state index in [1.165, 1.54) is 45.1 Å². The Morgan fingerprint density at radius 3 is 2.76 bits per heavy atom. The maximum Gasteiger partial charge on any atom is 0.0586 e. The number of nitrogens with zero attached hydrogens (tertiary/aromatic N) is 1. The van der Waals surface area contributed by atoms with Crippen LogP contribution in [0.5, 0.6) is 0 Å². The van der Waals surface area contributed by atoms with E-state index < -0.39 is 0 Å². The van der Waals surface area contributed by atoms with Gasteiger partial charge in [0.05, 0.1) is 6.61 Å². The van der Waals surface area contributed by atoms with Crippen molar-refractivity contribution in [3.05, 3.63) is 0 Å². The lowest BCUT2D eigenvalue weighted by Crippen LogP contribution is -2.53. The normalized spacial score (nSPS) is 40.4. The van der Waals surface area contributed by atoms with Crippen LogP contribution in [0.2, 0.25) is 0 Å². The zero-order valence-corrected chi connectivity index (χ0v) is 11.1. The van der Waals surface area contributed by atoms with Crippen molar-refractivity contribution in [2.75, 3.05) is 19.7 Å². The fourth-order valence-corrected chi connectivity index (χ4v) is 3.75. The van der Waals surface area contributed by atoms with Crippen molar-refractivity contribution in [2.45, 2.75) is 57.5 Å². The molecule has 17 heavy (non-hydrogen) atoms. The Balaban J connectivity index is 2.05. The third-order valence-corrected chi connectivity index (χ3v) is 4.83. The van der Waals surface area contributed by atoms with Gasteiger partial charge in [-0.25, -0.2) is 0 Å². The van der Waals surface area contributed by atoms with Crippen molar-refractivity contribution in [1.29, 1.82) is 0 Å². The van der Waals surface area contributed by atoms with E-state index in [4.69, 9.17) is 5.73 Å². The Kier molecular flexibility index (Phi) is 4.83. The Morgan fingerprint density at radius 1 is 1.24 bits per heavy atom. The minimum atomic E-state index is 0.322. The smallest absolute Gasteiger partial charge is 0.0586 e. The highest BCUT2D eigenvalue weighted by Crippen LogP contribution is 2.34. The van der Waals surface area contributed by atoms with Gasteiger partial charge < -0.3 is 10.8 Å². The summed E-state index contributed by atoms with van der Waals surface area (Å²) in [5, 5.41) is 9.54. The van der Waals surface area contributed by atoms with Gasteiger partial charge in [0.1, 0.15) is 0 Å². The van der Waals surface area contributed by atoms with Crippen molar-refractivity contribution in [1.82, 2.24) is 4.90 Å². The fourth-order valence-electron chi connectivity index (χ4n) is 3.75. The van der Waals surface area contributed by atoms with E-state index in [-0.39, 0.29) is 0 Å². The maximum absolute atomic E-state index is 9.54. The van der Waals surface area contributed by atoms with Gasteiger partial charge in [-0.1, -0.05) is 19.8 Å². The van der Waals surface area contributed by atoms with Crippen LogP contribution in [0.1, 0.15) is 45.4 Å². The number of likely N-dealkylation sites (tertiary alicyclic amines) is 1. The predicted molar refractivity (Wildman–Crippen MR) is 70.8 cm³/mol. The summed E-state index contributed by atoms with van der Waals surface area (Å²) in [6.07, 6.45) is 7.61. The zero-order chi connectivity index (χ0) is 12.3. The number of nitrogens with two attached hydrogens (primary N) is 1. The SMILES string of the molecule is CC1CCC(CN)C(N2CCCCC2CO)C1. The highest BCUT2D eigenvalue weighted by Gasteiger charge is 2.36. The topological polar surface area (TPSA) is 49.5 Å². The van der Waals surface area contributed by atoms with Crippen LogP contribution in [0.25, 0.3) is 0 Å². The van der Waals surface area contributed by atoms with E-state index in [0.29, 0.717) is 24.6 Å². The van der Waals surface area contributed by atoms with Gasteiger partial charge in [0.2, 0.25) is 0 Å². The lowest BCUT2D eigenvalue weighted by molar-refractivity contribution is 0.00520. The van der Waals surface area contributed by atoms with Crippen LogP contribution in [-0.2, 0) is 0 Å². The standard InChI is InChI=1S/C14H28N2O/c1-11-5-6-12(9-15)14(8-11)16-7-3-2-4-13(16)10-17/h11-14,17H,2-10,15H2,1H3. The monoisotopic (exact) mass is 240 g/mol. The van der Waals surface area contributed by atoms with E-state index in [2.05, 4.69) is 11.8 Å². The van der Waals surface area contributed by atoms with Gasteiger partial charge in [-0.15, -0.1) is 0 Å². The van der Waals surface area contributed by atoms with E-state index in [9.17, 15) is 5.11 Å². The molecule has 0 aromatic carbocycles. The van der Waals surface area contributed by atoms with Gasteiger partial charge in [0, 0.05) is 12.1 Å². The molecular formula is C14H28N2O. The number of rotatable bonds is 3. The van der Waals surface area contributed by atoms with Crippen LogP contribution in [0.4, 0.5) is 0 Å². The first kappa shape index (κ1) is 13.3. The van der Waals surface area contributed by atoms with Crippen molar-refractivity contribution < 1.29 is 5.11 Å². The van der Waals surface area contributed by atoms with Gasteiger partial charge in [0.25, 0.3) is 0 Å². The maximum atomic E-state index is 9.54. The quantitative estimate of drug-likeness (QED) is 0.788. The number of aliphatic hydroxyl groups is 1. The minimum Gasteiger partial charge on any atom is -0.395 e. The van der Waals surface area contributed by atoms with Gasteiger partial charge in [-0.05, 0) is 50.6 Å². The van der Waals surface area contributed by atoms with E-state index in [1.807, 2.05) is 0 Å². The summed E-state index contributed by atoms with van der Waals surface area (Å²) in [4.78, 5) is 2.58. The average molecular weight is 240 g/mol. The molecule has 2 aliphatic rings. The Morgan fingerprint density at radius 2 is 2.06 bits per heavy atom. The first-order valence-electron chi connectivity index (χ1n) is 7.33. The number of hydrogen-bond acceptors (Lipinski definition) is 3. The number of piperidine rings is 1. The molecule has 1 aliphatic carbocycles. The van der Waals surface area contributed by atoms with Crippen LogP contribution in [0, 0.1) is 11.8 Å². The predicted octanol–water partition coefficient (Wildman–Crippen LogP) is 1.60. The fraction of sp³-hybridized carbons (Fsp3) is 1.00. The van der Waals surface area contributed by atoms with Crippen LogP contribution >= 0.6 is 0 Å².